The topological polar surface area (TPSA) is 137 Å². The first-order valence-electron chi connectivity index (χ1n) is 11.0. The van der Waals surface area contributed by atoms with Gasteiger partial charge < -0.3 is 35.4 Å². The van der Waals surface area contributed by atoms with E-state index in [4.69, 9.17) is 19.7 Å². The molecule has 2 atom stereocenters. The number of anilines is 1. The Morgan fingerprint density at radius 1 is 1.12 bits per heavy atom. The molecular weight excluding hydrogens is 440 g/mol. The lowest BCUT2D eigenvalue weighted by Crippen LogP contribution is -2.52. The van der Waals surface area contributed by atoms with Crippen LogP contribution in [0.15, 0.2) is 54.6 Å². The van der Waals surface area contributed by atoms with Crippen molar-refractivity contribution in [2.24, 2.45) is 0 Å². The van der Waals surface area contributed by atoms with Gasteiger partial charge in [0.15, 0.2) is 0 Å². The van der Waals surface area contributed by atoms with Crippen LogP contribution in [-0.4, -0.2) is 58.7 Å². The number of aliphatic hydroxyl groups is 1. The molecule has 0 fully saturated rings. The molecule has 0 saturated carbocycles. The van der Waals surface area contributed by atoms with Gasteiger partial charge in [-0.2, -0.15) is 0 Å². The summed E-state index contributed by atoms with van der Waals surface area (Å²) in [4.78, 5) is 19.1. The molecule has 2 aromatic rings. The van der Waals surface area contributed by atoms with Crippen molar-refractivity contribution in [1.82, 2.24) is 5.32 Å². The van der Waals surface area contributed by atoms with Crippen molar-refractivity contribution < 1.29 is 34.4 Å². The van der Waals surface area contributed by atoms with Crippen LogP contribution >= 0.6 is 0 Å². The van der Waals surface area contributed by atoms with Gasteiger partial charge in [0.25, 0.3) is 0 Å². The monoisotopic (exact) mass is 470 g/mol. The van der Waals surface area contributed by atoms with Crippen LogP contribution in [-0.2, 0) is 16.0 Å². The Bertz CT molecular complexity index is 1020. The van der Waals surface area contributed by atoms with Crippen molar-refractivity contribution in [3.05, 3.63) is 65.7 Å². The molecule has 2 heterocycles. The highest BCUT2D eigenvalue weighted by atomic mass is 16.5. The van der Waals surface area contributed by atoms with E-state index in [1.807, 2.05) is 44.2 Å². The summed E-state index contributed by atoms with van der Waals surface area (Å²) in [5, 5.41) is 33.4. The molecule has 0 saturated heterocycles. The van der Waals surface area contributed by atoms with E-state index in [1.165, 1.54) is 5.56 Å². The first-order chi connectivity index (χ1) is 16.2. The van der Waals surface area contributed by atoms with Crippen molar-refractivity contribution >= 4 is 17.6 Å². The number of aliphatic carboxylic acids is 2. The van der Waals surface area contributed by atoms with E-state index >= 15 is 0 Å². The van der Waals surface area contributed by atoms with Crippen molar-refractivity contribution in [1.29, 1.82) is 0 Å². The van der Waals surface area contributed by atoms with E-state index in [-0.39, 0.29) is 6.04 Å². The van der Waals surface area contributed by atoms with Crippen LogP contribution in [0.3, 0.4) is 0 Å². The number of carboxylic acids is 2. The summed E-state index contributed by atoms with van der Waals surface area (Å²) in [6.45, 7) is 6.06. The van der Waals surface area contributed by atoms with E-state index in [0.29, 0.717) is 18.8 Å². The zero-order chi connectivity index (χ0) is 24.7. The minimum absolute atomic E-state index is 0.201. The summed E-state index contributed by atoms with van der Waals surface area (Å²) in [5.41, 5.74) is 2.51. The molecule has 0 spiro atoms. The van der Waals surface area contributed by atoms with Gasteiger partial charge in [-0.25, -0.2) is 9.59 Å². The van der Waals surface area contributed by atoms with Crippen LogP contribution in [0.2, 0.25) is 0 Å². The Kier molecular flexibility index (Phi) is 8.14. The molecule has 5 N–H and O–H groups in total. The van der Waals surface area contributed by atoms with Gasteiger partial charge in [0.1, 0.15) is 29.8 Å². The molecule has 9 nitrogen and oxygen atoms in total. The normalized spacial score (nSPS) is 19.9. The molecule has 0 aliphatic carbocycles. The van der Waals surface area contributed by atoms with Gasteiger partial charge in [-0.05, 0) is 38.4 Å². The molecule has 2 aromatic carbocycles. The number of fused-ring (bicyclic) bond motifs is 2. The third-order valence-corrected chi connectivity index (χ3v) is 5.51. The van der Waals surface area contributed by atoms with Crippen LogP contribution in [0.1, 0.15) is 31.0 Å². The van der Waals surface area contributed by atoms with Crippen molar-refractivity contribution in [2.75, 3.05) is 25.0 Å². The fourth-order valence-electron chi connectivity index (χ4n) is 3.81. The average molecular weight is 471 g/mol. The van der Waals surface area contributed by atoms with Crippen molar-refractivity contribution in [2.45, 2.75) is 38.0 Å². The molecule has 0 radical (unpaired) electrons. The molecule has 0 aromatic heterocycles. The van der Waals surface area contributed by atoms with Crippen LogP contribution < -0.4 is 20.1 Å². The van der Waals surface area contributed by atoms with Crippen molar-refractivity contribution in [3.8, 4) is 11.5 Å². The number of hydrogen-bond acceptors (Lipinski definition) is 7. The summed E-state index contributed by atoms with van der Waals surface area (Å²) in [5.74, 6) is -0.894. The molecule has 0 amide bonds. The molecule has 4 rings (SSSR count). The molecule has 9 heteroatoms. The van der Waals surface area contributed by atoms with Crippen LogP contribution in [0.4, 0.5) is 5.69 Å². The predicted octanol–water partition coefficient (Wildman–Crippen LogP) is 2.61. The second-order valence-corrected chi connectivity index (χ2v) is 8.49. The third-order valence-electron chi connectivity index (χ3n) is 5.51. The fourth-order valence-corrected chi connectivity index (χ4v) is 3.81. The summed E-state index contributed by atoms with van der Waals surface area (Å²) in [6, 6.07) is 14.1. The molecule has 34 heavy (non-hydrogen) atoms. The van der Waals surface area contributed by atoms with Crippen molar-refractivity contribution in [3.63, 3.8) is 0 Å². The van der Waals surface area contributed by atoms with Crippen LogP contribution in [0.5, 0.6) is 11.5 Å². The fraction of sp³-hybridized carbons (Fsp3) is 0.360. The van der Waals surface area contributed by atoms with Gasteiger partial charge in [0.05, 0.1) is 11.7 Å². The van der Waals surface area contributed by atoms with Gasteiger partial charge in [0.2, 0.25) is 0 Å². The minimum Gasteiger partial charge on any atom is -0.490 e. The number of ether oxygens (including phenoxy) is 2. The Balaban J connectivity index is 0.000000350. The Morgan fingerprint density at radius 2 is 1.79 bits per heavy atom. The highest BCUT2D eigenvalue weighted by molar-refractivity contribution is 5.89. The molecule has 2 unspecified atom stereocenters. The predicted molar refractivity (Wildman–Crippen MR) is 126 cm³/mol. The minimum atomic E-state index is -1.26. The largest absolute Gasteiger partial charge is 0.490 e. The first-order valence-corrected chi connectivity index (χ1v) is 11.0. The highest BCUT2D eigenvalue weighted by Gasteiger charge is 2.43. The van der Waals surface area contributed by atoms with Gasteiger partial charge in [-0.15, -0.1) is 0 Å². The third kappa shape index (κ3) is 6.49. The molecule has 2 aliphatic rings. The Hall–Kier alpha value is -3.56. The average Bonchev–Trinajstić information content (AvgIpc) is 2.80. The maximum atomic E-state index is 10.9. The highest BCUT2D eigenvalue weighted by Crippen LogP contribution is 2.45. The zero-order valence-corrected chi connectivity index (χ0v) is 19.2. The Labute approximate surface area is 198 Å². The second-order valence-electron chi connectivity index (χ2n) is 8.49. The molecule has 182 valence electrons. The molecular formula is C25H30N2O7. The van der Waals surface area contributed by atoms with Crippen LogP contribution in [0, 0.1) is 0 Å². The molecule has 2 aliphatic heterocycles. The van der Waals surface area contributed by atoms with Gasteiger partial charge in [-0.3, -0.25) is 0 Å². The van der Waals surface area contributed by atoms with Gasteiger partial charge in [-0.1, -0.05) is 30.3 Å². The maximum absolute atomic E-state index is 10.9. The van der Waals surface area contributed by atoms with E-state index in [0.717, 1.165) is 42.3 Å². The standard InChI is InChI=1S/C21H26N2O3.C4H4O4/c1-21(2)20(24)19(23-9-8-14-6-4-3-5-7-14)15-12-18-16(13-17(15)26-21)22-10-11-25-18;5-3(6)1-2-4(7)8/h3-7,12-13,19-20,22-24H,8-11H2,1-2H3;1-2H,(H,5,6)(H,7,8)/b;2-1-. The van der Waals surface area contributed by atoms with E-state index in [2.05, 4.69) is 22.8 Å². The maximum Gasteiger partial charge on any atom is 0.328 e. The van der Waals surface area contributed by atoms with E-state index < -0.39 is 23.6 Å². The number of rotatable bonds is 6. The summed E-state index contributed by atoms with van der Waals surface area (Å²) in [6.07, 6.45) is 1.37. The zero-order valence-electron chi connectivity index (χ0n) is 19.2. The SMILES string of the molecule is CC1(C)Oc2cc3c(cc2C(NCCc2ccccc2)C1O)OCCN3.O=C(O)/C=C\C(=O)O. The van der Waals surface area contributed by atoms with Crippen LogP contribution in [0.25, 0.3) is 0 Å². The summed E-state index contributed by atoms with van der Waals surface area (Å²) in [7, 11) is 0. The number of nitrogens with one attached hydrogen (secondary N) is 2. The summed E-state index contributed by atoms with van der Waals surface area (Å²) < 4.78 is 11.9. The lowest BCUT2D eigenvalue weighted by atomic mass is 9.86. The summed E-state index contributed by atoms with van der Waals surface area (Å²) >= 11 is 0. The number of hydrogen-bond donors (Lipinski definition) is 5. The lowest BCUT2D eigenvalue weighted by molar-refractivity contribution is -0.134. The number of carboxylic acid groups (broad SMARTS) is 2. The number of carbonyl (C=O) groups is 2. The van der Waals surface area contributed by atoms with E-state index in [9.17, 15) is 14.7 Å². The van der Waals surface area contributed by atoms with Gasteiger partial charge in [0, 0.05) is 30.3 Å². The second kappa shape index (κ2) is 11.0. The first kappa shape index (κ1) is 25.1. The lowest BCUT2D eigenvalue weighted by Gasteiger charge is -2.43. The van der Waals surface area contributed by atoms with Gasteiger partial charge >= 0.3 is 11.9 Å². The smallest absolute Gasteiger partial charge is 0.328 e. The quantitative estimate of drug-likeness (QED) is 0.403. The molecule has 0 bridgehead atoms. The number of benzene rings is 2. The van der Waals surface area contributed by atoms with E-state index in [1.54, 1.807) is 0 Å². The number of aliphatic hydroxyl groups excluding tert-OH is 1. The Morgan fingerprint density at radius 3 is 2.44 bits per heavy atom.